The van der Waals surface area contributed by atoms with Gasteiger partial charge in [-0.2, -0.15) is 0 Å². The molecule has 1 saturated heterocycles. The Morgan fingerprint density at radius 3 is 2.52 bits per heavy atom. The number of sulfone groups is 1. The zero-order valence-electron chi connectivity index (χ0n) is 18.3. The molecule has 1 aliphatic carbocycles. The maximum atomic E-state index is 13.1. The van der Waals surface area contributed by atoms with Crippen molar-refractivity contribution in [2.45, 2.75) is 70.4 Å². The molecule has 1 unspecified atom stereocenters. The number of carbonyl (C=O) groups excluding carboxylic acids is 2. The van der Waals surface area contributed by atoms with E-state index in [1.165, 1.54) is 0 Å². The third-order valence-electron chi connectivity index (χ3n) is 6.18. The van der Waals surface area contributed by atoms with Crippen LogP contribution in [0.3, 0.4) is 0 Å². The Morgan fingerprint density at radius 1 is 1.10 bits per heavy atom. The number of hydrogen-bond acceptors (Lipinski definition) is 6. The molecule has 2 aliphatic rings. The molecule has 1 aromatic carbocycles. The van der Waals surface area contributed by atoms with E-state index in [4.69, 9.17) is 4.74 Å². The predicted molar refractivity (Wildman–Crippen MR) is 121 cm³/mol. The maximum Gasteiger partial charge on any atom is 0.340 e. The summed E-state index contributed by atoms with van der Waals surface area (Å²) in [6, 6.07) is 6.83. The Labute approximate surface area is 185 Å². The van der Waals surface area contributed by atoms with Gasteiger partial charge < -0.3 is 15.0 Å². The monoisotopic (exact) mass is 450 g/mol. The lowest BCUT2D eigenvalue weighted by Gasteiger charge is -2.38. The summed E-state index contributed by atoms with van der Waals surface area (Å²) in [4.78, 5) is 27.5. The van der Waals surface area contributed by atoms with Crippen molar-refractivity contribution in [3.05, 3.63) is 29.8 Å². The summed E-state index contributed by atoms with van der Waals surface area (Å²) in [5.74, 6) is -0.715. The summed E-state index contributed by atoms with van der Waals surface area (Å²) in [7, 11) is -3.11. The third kappa shape index (κ3) is 6.45. The summed E-state index contributed by atoms with van der Waals surface area (Å²) in [6.07, 6.45) is 7.45. The fraction of sp³-hybridized carbons (Fsp3) is 0.652. The van der Waals surface area contributed by atoms with E-state index in [2.05, 4.69) is 12.2 Å². The van der Waals surface area contributed by atoms with Crippen LogP contribution >= 0.6 is 0 Å². The van der Waals surface area contributed by atoms with Crippen molar-refractivity contribution in [2.75, 3.05) is 30.0 Å². The minimum atomic E-state index is -3.11. The number of amides is 1. The van der Waals surface area contributed by atoms with Gasteiger partial charge in [0.15, 0.2) is 16.4 Å². The summed E-state index contributed by atoms with van der Waals surface area (Å²) in [5.41, 5.74) is 1.10. The van der Waals surface area contributed by atoms with Gasteiger partial charge in [0.2, 0.25) is 0 Å². The van der Waals surface area contributed by atoms with Crippen LogP contribution in [0.25, 0.3) is 0 Å². The highest BCUT2D eigenvalue weighted by atomic mass is 32.2. The number of anilines is 1. The fourth-order valence-corrected chi connectivity index (χ4v) is 6.27. The number of ether oxygens (including phenoxy) is 1. The normalized spacial score (nSPS) is 20.9. The Bertz CT molecular complexity index is 864. The number of benzene rings is 1. The molecule has 8 heteroatoms. The van der Waals surface area contributed by atoms with Crippen molar-refractivity contribution in [1.29, 1.82) is 0 Å². The van der Waals surface area contributed by atoms with Crippen LogP contribution in [0.5, 0.6) is 0 Å². The molecule has 1 aliphatic heterocycles. The molecule has 1 aromatic rings. The number of para-hydroxylation sites is 1. The summed E-state index contributed by atoms with van der Waals surface area (Å²) in [5, 5.41) is 3.25. The van der Waals surface area contributed by atoms with Gasteiger partial charge in [-0.25, -0.2) is 13.2 Å². The van der Waals surface area contributed by atoms with Crippen LogP contribution in [0.4, 0.5) is 5.69 Å². The van der Waals surface area contributed by atoms with Crippen LogP contribution in [0.1, 0.15) is 68.6 Å². The first-order valence-electron chi connectivity index (χ1n) is 11.4. The van der Waals surface area contributed by atoms with Crippen molar-refractivity contribution >= 4 is 27.4 Å². The van der Waals surface area contributed by atoms with Crippen LogP contribution in [0, 0.1) is 0 Å². The van der Waals surface area contributed by atoms with Gasteiger partial charge in [-0.3, -0.25) is 4.79 Å². The summed E-state index contributed by atoms with van der Waals surface area (Å²) >= 11 is 0. The van der Waals surface area contributed by atoms with Crippen molar-refractivity contribution in [1.82, 2.24) is 4.90 Å². The van der Waals surface area contributed by atoms with Crippen LogP contribution in [0.2, 0.25) is 0 Å². The highest BCUT2D eigenvalue weighted by molar-refractivity contribution is 7.91. The second kappa shape index (κ2) is 11.0. The van der Waals surface area contributed by atoms with E-state index in [1.54, 1.807) is 17.0 Å². The standard InChI is InChI=1S/C23H34N2O5S/c1-2-3-14-24-21-12-8-7-11-20(21)23(27)30-16-22(26)25(18-9-5-4-6-10-18)19-13-15-31(28,29)17-19/h7-8,11-12,18-19,24H,2-6,9-10,13-17H2,1H3. The summed E-state index contributed by atoms with van der Waals surface area (Å²) < 4.78 is 29.4. The first-order chi connectivity index (χ1) is 14.9. The zero-order chi connectivity index (χ0) is 22.3. The molecule has 31 heavy (non-hydrogen) atoms. The van der Waals surface area contributed by atoms with Gasteiger partial charge in [0, 0.05) is 24.3 Å². The fourth-order valence-electron chi connectivity index (χ4n) is 4.55. The average Bonchev–Trinajstić information content (AvgIpc) is 3.12. The molecule has 1 atom stereocenters. The number of unbranched alkanes of at least 4 members (excludes halogenated alkanes) is 1. The molecule has 2 fully saturated rings. The van der Waals surface area contributed by atoms with E-state index in [9.17, 15) is 18.0 Å². The summed E-state index contributed by atoms with van der Waals surface area (Å²) in [6.45, 7) is 2.49. The van der Waals surface area contributed by atoms with Crippen LogP contribution in [-0.4, -0.2) is 61.9 Å². The van der Waals surface area contributed by atoms with E-state index in [-0.39, 0.29) is 36.1 Å². The van der Waals surface area contributed by atoms with E-state index in [0.717, 1.165) is 51.5 Å². The van der Waals surface area contributed by atoms with Gasteiger partial charge in [-0.15, -0.1) is 0 Å². The minimum Gasteiger partial charge on any atom is -0.452 e. The molecule has 0 aromatic heterocycles. The van der Waals surface area contributed by atoms with E-state index in [1.807, 2.05) is 12.1 Å². The van der Waals surface area contributed by atoms with Crippen LogP contribution < -0.4 is 5.32 Å². The first-order valence-corrected chi connectivity index (χ1v) is 13.2. The second-order valence-electron chi connectivity index (χ2n) is 8.55. The van der Waals surface area contributed by atoms with Gasteiger partial charge in [-0.1, -0.05) is 44.7 Å². The SMILES string of the molecule is CCCCNc1ccccc1C(=O)OCC(=O)N(C1CCCCC1)C1CCS(=O)(=O)C1. The Morgan fingerprint density at radius 2 is 1.84 bits per heavy atom. The van der Waals surface area contributed by atoms with Crippen molar-refractivity contribution < 1.29 is 22.7 Å². The lowest BCUT2D eigenvalue weighted by atomic mass is 9.93. The van der Waals surface area contributed by atoms with E-state index >= 15 is 0 Å². The quantitative estimate of drug-likeness (QED) is 0.458. The number of carbonyl (C=O) groups is 2. The molecule has 7 nitrogen and oxygen atoms in total. The molecule has 1 heterocycles. The first kappa shape index (κ1) is 23.6. The smallest absolute Gasteiger partial charge is 0.340 e. The van der Waals surface area contributed by atoms with Crippen molar-refractivity contribution in [2.24, 2.45) is 0 Å². The lowest BCUT2D eigenvalue weighted by molar-refractivity contribution is -0.140. The topological polar surface area (TPSA) is 92.8 Å². The number of hydrogen-bond donors (Lipinski definition) is 1. The lowest BCUT2D eigenvalue weighted by Crippen LogP contribution is -2.50. The molecule has 1 amide bonds. The average molecular weight is 451 g/mol. The molecular formula is C23H34N2O5S. The number of nitrogens with one attached hydrogen (secondary N) is 1. The number of nitrogens with zero attached hydrogens (tertiary/aromatic N) is 1. The van der Waals surface area contributed by atoms with Gasteiger partial charge in [0.1, 0.15) is 0 Å². The van der Waals surface area contributed by atoms with E-state index in [0.29, 0.717) is 17.7 Å². The molecule has 0 radical (unpaired) electrons. The predicted octanol–water partition coefficient (Wildman–Crippen LogP) is 3.40. The van der Waals surface area contributed by atoms with Crippen molar-refractivity contribution in [3.8, 4) is 0 Å². The zero-order valence-corrected chi connectivity index (χ0v) is 19.2. The number of rotatable bonds is 9. The van der Waals surface area contributed by atoms with Gasteiger partial charge >= 0.3 is 5.97 Å². The Kier molecular flexibility index (Phi) is 8.35. The third-order valence-corrected chi connectivity index (χ3v) is 7.93. The largest absolute Gasteiger partial charge is 0.452 e. The molecule has 0 bridgehead atoms. The minimum absolute atomic E-state index is 0.00731. The van der Waals surface area contributed by atoms with Crippen LogP contribution in [-0.2, 0) is 19.4 Å². The van der Waals surface area contributed by atoms with Crippen LogP contribution in [0.15, 0.2) is 24.3 Å². The Balaban J connectivity index is 1.66. The molecule has 1 N–H and O–H groups in total. The number of esters is 1. The molecule has 1 saturated carbocycles. The molecular weight excluding hydrogens is 416 g/mol. The van der Waals surface area contributed by atoms with Gasteiger partial charge in [0.25, 0.3) is 5.91 Å². The second-order valence-corrected chi connectivity index (χ2v) is 10.8. The molecule has 0 spiro atoms. The maximum absolute atomic E-state index is 13.1. The van der Waals surface area contributed by atoms with Crippen molar-refractivity contribution in [3.63, 3.8) is 0 Å². The molecule has 172 valence electrons. The highest BCUT2D eigenvalue weighted by Crippen LogP contribution is 2.28. The highest BCUT2D eigenvalue weighted by Gasteiger charge is 2.38. The van der Waals surface area contributed by atoms with Gasteiger partial charge in [-0.05, 0) is 37.8 Å². The Hall–Kier alpha value is -2.09. The van der Waals surface area contributed by atoms with E-state index < -0.39 is 15.8 Å². The van der Waals surface area contributed by atoms with Gasteiger partial charge in [0.05, 0.1) is 17.1 Å². The molecule has 3 rings (SSSR count).